The van der Waals surface area contributed by atoms with E-state index < -0.39 is 10.0 Å². The second-order valence-corrected chi connectivity index (χ2v) is 9.86. The van der Waals surface area contributed by atoms with E-state index in [2.05, 4.69) is 21.2 Å². The molecule has 1 aliphatic rings. The van der Waals surface area contributed by atoms with Gasteiger partial charge in [0.25, 0.3) is 5.91 Å². The lowest BCUT2D eigenvalue weighted by Crippen LogP contribution is -2.32. The Morgan fingerprint density at radius 3 is 2.38 bits per heavy atom. The summed E-state index contributed by atoms with van der Waals surface area (Å²) in [5.41, 5.74) is 1.89. The topological polar surface area (TPSA) is 75.7 Å². The fourth-order valence-electron chi connectivity index (χ4n) is 3.37. The van der Waals surface area contributed by atoms with E-state index in [1.54, 1.807) is 12.1 Å². The molecule has 2 aromatic carbocycles. The molecule has 0 spiro atoms. The first kappa shape index (κ1) is 21.8. The summed E-state index contributed by atoms with van der Waals surface area (Å²) in [5, 5.41) is 2.82. The van der Waals surface area contributed by atoms with Crippen LogP contribution in [0.15, 0.2) is 45.8 Å². The molecule has 3 rings (SSSR count). The predicted octanol–water partition coefficient (Wildman–Crippen LogP) is 4.58. The first-order chi connectivity index (χ1) is 13.8. The highest BCUT2D eigenvalue weighted by molar-refractivity contribution is 9.10. The van der Waals surface area contributed by atoms with Crippen molar-refractivity contribution in [3.05, 3.63) is 52.0 Å². The number of halogens is 1. The van der Waals surface area contributed by atoms with Crippen LogP contribution in [0.3, 0.4) is 0 Å². The largest absolute Gasteiger partial charge is 0.495 e. The van der Waals surface area contributed by atoms with Gasteiger partial charge in [-0.05, 0) is 61.7 Å². The fourth-order valence-corrected chi connectivity index (χ4v) is 5.31. The number of nitrogens with one attached hydrogen (secondary N) is 1. The van der Waals surface area contributed by atoms with Crippen LogP contribution >= 0.6 is 15.9 Å². The number of amides is 1. The third-order valence-corrected chi connectivity index (χ3v) is 7.83. The molecule has 8 heteroatoms. The number of carbonyl (C=O) groups is 1. The van der Waals surface area contributed by atoms with Crippen molar-refractivity contribution in [2.24, 2.45) is 0 Å². The summed E-state index contributed by atoms with van der Waals surface area (Å²) in [7, 11) is -2.32. The van der Waals surface area contributed by atoms with Gasteiger partial charge >= 0.3 is 0 Å². The maximum atomic E-state index is 13.2. The Labute approximate surface area is 180 Å². The number of hydrogen-bond donors (Lipinski definition) is 1. The molecular formula is C21H25BrN2O4S. The number of benzene rings is 2. The van der Waals surface area contributed by atoms with Crippen LogP contribution < -0.4 is 10.1 Å². The average Bonchev–Trinajstić information content (AvgIpc) is 3.00. The van der Waals surface area contributed by atoms with Crippen molar-refractivity contribution in [3.8, 4) is 5.75 Å². The minimum atomic E-state index is -3.75. The molecule has 1 amide bonds. The van der Waals surface area contributed by atoms with Crippen LogP contribution in [0.4, 0.5) is 5.69 Å². The van der Waals surface area contributed by atoms with E-state index in [0.717, 1.165) is 35.7 Å². The number of methoxy groups -OCH3 is 1. The van der Waals surface area contributed by atoms with Gasteiger partial charge in [-0.1, -0.05) is 28.8 Å². The first-order valence-corrected chi connectivity index (χ1v) is 11.8. The number of ether oxygens (including phenoxy) is 1. The molecule has 0 bridgehead atoms. The van der Waals surface area contributed by atoms with E-state index in [4.69, 9.17) is 4.74 Å². The molecule has 29 heavy (non-hydrogen) atoms. The molecule has 1 heterocycles. The first-order valence-electron chi connectivity index (χ1n) is 9.58. The molecule has 0 radical (unpaired) electrons. The molecule has 0 unspecified atom stereocenters. The summed E-state index contributed by atoms with van der Waals surface area (Å²) < 4.78 is 34.2. The summed E-state index contributed by atoms with van der Waals surface area (Å²) in [5.74, 6) is -0.132. The lowest BCUT2D eigenvalue weighted by Gasteiger charge is -2.21. The van der Waals surface area contributed by atoms with E-state index in [9.17, 15) is 13.2 Å². The number of rotatable bonds is 5. The van der Waals surface area contributed by atoms with Crippen LogP contribution in [0.1, 0.15) is 41.6 Å². The van der Waals surface area contributed by atoms with Gasteiger partial charge < -0.3 is 10.1 Å². The van der Waals surface area contributed by atoms with E-state index in [0.29, 0.717) is 18.8 Å². The maximum absolute atomic E-state index is 13.2. The van der Waals surface area contributed by atoms with Gasteiger partial charge in [0.15, 0.2) is 0 Å². The quantitative estimate of drug-likeness (QED) is 0.678. The number of anilines is 1. The fraction of sp³-hybridized carbons (Fsp3) is 0.381. The molecule has 1 aliphatic heterocycles. The zero-order chi connectivity index (χ0) is 21.0. The molecule has 6 nitrogen and oxygen atoms in total. The van der Waals surface area contributed by atoms with Gasteiger partial charge in [-0.25, -0.2) is 8.42 Å². The van der Waals surface area contributed by atoms with Crippen molar-refractivity contribution in [1.29, 1.82) is 0 Å². The van der Waals surface area contributed by atoms with Gasteiger partial charge in [0, 0.05) is 28.8 Å². The standard InChI is InChI=1S/C21H25BrN2O4S/c1-15-13-17(8-9-18(15)22)23-21(25)16-7-10-19(28-2)20(14-16)29(26,27)24-11-5-3-4-6-12-24/h7-10,13-14H,3-6,11-12H2,1-2H3,(H,23,25). The van der Waals surface area contributed by atoms with E-state index >= 15 is 0 Å². The molecule has 2 aromatic rings. The average molecular weight is 481 g/mol. The Bertz CT molecular complexity index is 1000. The summed E-state index contributed by atoms with van der Waals surface area (Å²) in [4.78, 5) is 12.8. The van der Waals surface area contributed by atoms with E-state index in [1.165, 1.54) is 23.5 Å². The van der Waals surface area contributed by atoms with Crippen molar-refractivity contribution in [3.63, 3.8) is 0 Å². The van der Waals surface area contributed by atoms with Crippen molar-refractivity contribution >= 4 is 37.5 Å². The van der Waals surface area contributed by atoms with Crippen LogP contribution in [0.2, 0.25) is 0 Å². The summed E-state index contributed by atoms with van der Waals surface area (Å²) in [6.07, 6.45) is 3.73. The molecule has 0 aromatic heterocycles. The molecule has 1 fully saturated rings. The Morgan fingerprint density at radius 2 is 1.76 bits per heavy atom. The molecule has 0 aliphatic carbocycles. The van der Waals surface area contributed by atoms with Gasteiger partial charge in [-0.15, -0.1) is 0 Å². The van der Waals surface area contributed by atoms with Gasteiger partial charge in [0.2, 0.25) is 10.0 Å². The summed E-state index contributed by atoms with van der Waals surface area (Å²) >= 11 is 3.43. The van der Waals surface area contributed by atoms with Gasteiger partial charge in [0.05, 0.1) is 7.11 Å². The van der Waals surface area contributed by atoms with Crippen molar-refractivity contribution in [2.75, 3.05) is 25.5 Å². The Balaban J connectivity index is 1.91. The van der Waals surface area contributed by atoms with Crippen LogP contribution in [0, 0.1) is 6.92 Å². The highest BCUT2D eigenvalue weighted by Gasteiger charge is 2.29. The molecule has 1 N–H and O–H groups in total. The number of aryl methyl sites for hydroxylation is 1. The second-order valence-electron chi connectivity index (χ2n) is 7.10. The zero-order valence-corrected chi connectivity index (χ0v) is 19.0. The van der Waals surface area contributed by atoms with Crippen LogP contribution in [-0.2, 0) is 10.0 Å². The highest BCUT2D eigenvalue weighted by atomic mass is 79.9. The SMILES string of the molecule is COc1ccc(C(=O)Nc2ccc(Br)c(C)c2)cc1S(=O)(=O)N1CCCCCC1. The maximum Gasteiger partial charge on any atom is 0.255 e. The minimum absolute atomic E-state index is 0.0292. The van der Waals surface area contributed by atoms with Crippen LogP contribution in [0.5, 0.6) is 5.75 Å². The molecular weight excluding hydrogens is 456 g/mol. The van der Waals surface area contributed by atoms with Gasteiger partial charge in [0.1, 0.15) is 10.6 Å². The van der Waals surface area contributed by atoms with Crippen molar-refractivity contribution in [1.82, 2.24) is 4.31 Å². The molecule has 0 saturated carbocycles. The summed E-state index contributed by atoms with van der Waals surface area (Å²) in [6.45, 7) is 2.90. The molecule has 156 valence electrons. The normalized spacial score (nSPS) is 15.6. The number of sulfonamides is 1. The lowest BCUT2D eigenvalue weighted by molar-refractivity contribution is 0.102. The smallest absolute Gasteiger partial charge is 0.255 e. The van der Waals surface area contributed by atoms with E-state index in [1.807, 2.05) is 19.1 Å². The summed E-state index contributed by atoms with van der Waals surface area (Å²) in [6, 6.07) is 10.00. The second kappa shape index (κ2) is 9.28. The third-order valence-electron chi connectivity index (χ3n) is 5.02. The lowest BCUT2D eigenvalue weighted by atomic mass is 10.2. The van der Waals surface area contributed by atoms with Crippen LogP contribution in [0.25, 0.3) is 0 Å². The molecule has 0 atom stereocenters. The van der Waals surface area contributed by atoms with E-state index in [-0.39, 0.29) is 22.1 Å². The highest BCUT2D eigenvalue weighted by Crippen LogP contribution is 2.30. The third kappa shape index (κ3) is 4.99. The Hall–Kier alpha value is -1.90. The monoisotopic (exact) mass is 480 g/mol. The van der Waals surface area contributed by atoms with Crippen LogP contribution in [-0.4, -0.2) is 38.8 Å². The predicted molar refractivity (Wildman–Crippen MR) is 117 cm³/mol. The number of carbonyl (C=O) groups excluding carboxylic acids is 1. The van der Waals surface area contributed by atoms with Gasteiger partial charge in [-0.2, -0.15) is 4.31 Å². The Kier molecular flexibility index (Phi) is 6.97. The zero-order valence-electron chi connectivity index (χ0n) is 16.6. The number of nitrogens with zero attached hydrogens (tertiary/aromatic N) is 1. The van der Waals surface area contributed by atoms with Crippen molar-refractivity contribution in [2.45, 2.75) is 37.5 Å². The van der Waals surface area contributed by atoms with Crippen molar-refractivity contribution < 1.29 is 17.9 Å². The minimum Gasteiger partial charge on any atom is -0.495 e. The number of hydrogen-bond acceptors (Lipinski definition) is 4. The molecule has 1 saturated heterocycles. The van der Waals surface area contributed by atoms with Gasteiger partial charge in [-0.3, -0.25) is 4.79 Å². The Morgan fingerprint density at radius 1 is 1.07 bits per heavy atom.